The standard InChI is InChI=1S/C19H18ClN3O3/c20-16-2-1-3-18(14-16)21-10-12-22(13-11-21)19(24)9-6-15-4-7-17(8-5-15)23(25)26/h1-9,14H,10-13H2/b9-6-. The zero-order valence-electron chi connectivity index (χ0n) is 14.0. The summed E-state index contributed by atoms with van der Waals surface area (Å²) in [4.78, 5) is 26.5. The minimum Gasteiger partial charge on any atom is -0.368 e. The molecule has 0 aliphatic carbocycles. The van der Waals surface area contributed by atoms with Crippen molar-refractivity contribution in [2.24, 2.45) is 0 Å². The van der Waals surface area contributed by atoms with E-state index in [1.807, 2.05) is 24.3 Å². The first-order chi connectivity index (χ1) is 12.5. The largest absolute Gasteiger partial charge is 0.368 e. The van der Waals surface area contributed by atoms with Crippen LogP contribution in [0.4, 0.5) is 11.4 Å². The molecular weight excluding hydrogens is 354 g/mol. The Hall–Kier alpha value is -2.86. The van der Waals surface area contributed by atoms with E-state index in [2.05, 4.69) is 4.90 Å². The van der Waals surface area contributed by atoms with Gasteiger partial charge in [0.15, 0.2) is 0 Å². The molecule has 6 nitrogen and oxygen atoms in total. The highest BCUT2D eigenvalue weighted by atomic mass is 35.5. The monoisotopic (exact) mass is 371 g/mol. The molecule has 1 heterocycles. The van der Waals surface area contributed by atoms with Gasteiger partial charge >= 0.3 is 0 Å². The third-order valence-electron chi connectivity index (χ3n) is 4.29. The first kappa shape index (κ1) is 17.9. The molecule has 1 fully saturated rings. The molecular formula is C19H18ClN3O3. The summed E-state index contributed by atoms with van der Waals surface area (Å²) >= 11 is 6.03. The molecule has 1 amide bonds. The van der Waals surface area contributed by atoms with Crippen molar-refractivity contribution in [3.05, 3.63) is 75.3 Å². The second kappa shape index (κ2) is 8.01. The van der Waals surface area contributed by atoms with Crippen molar-refractivity contribution in [1.82, 2.24) is 4.90 Å². The van der Waals surface area contributed by atoms with Crippen LogP contribution >= 0.6 is 11.6 Å². The van der Waals surface area contributed by atoms with Crippen LogP contribution in [0.15, 0.2) is 54.6 Å². The van der Waals surface area contributed by atoms with Crippen LogP contribution in [0.25, 0.3) is 6.08 Å². The van der Waals surface area contributed by atoms with Crippen LogP contribution in [-0.2, 0) is 4.79 Å². The van der Waals surface area contributed by atoms with Gasteiger partial charge in [0.05, 0.1) is 4.92 Å². The van der Waals surface area contributed by atoms with Crippen molar-refractivity contribution in [2.45, 2.75) is 0 Å². The molecule has 0 bridgehead atoms. The molecule has 2 aromatic carbocycles. The Morgan fingerprint density at radius 1 is 1.08 bits per heavy atom. The van der Waals surface area contributed by atoms with Crippen molar-refractivity contribution >= 4 is 35.0 Å². The Morgan fingerprint density at radius 2 is 1.77 bits per heavy atom. The predicted molar refractivity (Wildman–Crippen MR) is 102 cm³/mol. The van der Waals surface area contributed by atoms with Crippen LogP contribution in [0.3, 0.4) is 0 Å². The van der Waals surface area contributed by atoms with Crippen LogP contribution in [0.1, 0.15) is 5.56 Å². The van der Waals surface area contributed by atoms with E-state index in [1.165, 1.54) is 18.2 Å². The minimum atomic E-state index is -0.446. The number of anilines is 1. The molecule has 0 atom stereocenters. The van der Waals surface area contributed by atoms with Crippen LogP contribution in [-0.4, -0.2) is 41.9 Å². The number of hydrogen-bond acceptors (Lipinski definition) is 4. The highest BCUT2D eigenvalue weighted by Gasteiger charge is 2.19. The van der Waals surface area contributed by atoms with Gasteiger partial charge in [0.25, 0.3) is 5.69 Å². The second-order valence-corrected chi connectivity index (χ2v) is 6.41. The second-order valence-electron chi connectivity index (χ2n) is 5.97. The van der Waals surface area contributed by atoms with Crippen molar-refractivity contribution < 1.29 is 9.72 Å². The fourth-order valence-corrected chi connectivity index (χ4v) is 3.02. The molecule has 0 spiro atoms. The molecule has 1 aliphatic rings. The molecule has 3 rings (SSSR count). The Morgan fingerprint density at radius 3 is 2.38 bits per heavy atom. The molecule has 0 unspecified atom stereocenters. The Bertz CT molecular complexity index is 828. The van der Waals surface area contributed by atoms with E-state index in [4.69, 9.17) is 11.6 Å². The number of benzene rings is 2. The van der Waals surface area contributed by atoms with Gasteiger partial charge in [-0.2, -0.15) is 0 Å². The fourth-order valence-electron chi connectivity index (χ4n) is 2.84. The van der Waals surface area contributed by atoms with Gasteiger partial charge in [-0.3, -0.25) is 14.9 Å². The normalized spacial score (nSPS) is 14.7. The number of carbonyl (C=O) groups is 1. The zero-order valence-corrected chi connectivity index (χ0v) is 14.8. The van der Waals surface area contributed by atoms with Gasteiger partial charge in [-0.15, -0.1) is 0 Å². The van der Waals surface area contributed by atoms with Gasteiger partial charge in [0.2, 0.25) is 5.91 Å². The molecule has 0 N–H and O–H groups in total. The van der Waals surface area contributed by atoms with Crippen molar-refractivity contribution in [3.63, 3.8) is 0 Å². The number of non-ortho nitro benzene ring substituents is 1. The van der Waals surface area contributed by atoms with Crippen LogP contribution in [0.2, 0.25) is 5.02 Å². The molecule has 2 aromatic rings. The first-order valence-electron chi connectivity index (χ1n) is 8.25. The Kier molecular flexibility index (Phi) is 5.53. The fraction of sp³-hybridized carbons (Fsp3) is 0.211. The van der Waals surface area contributed by atoms with E-state index in [0.717, 1.165) is 24.3 Å². The molecule has 1 aliphatic heterocycles. The summed E-state index contributed by atoms with van der Waals surface area (Å²) in [5.41, 5.74) is 1.85. The number of carbonyl (C=O) groups excluding carboxylic acids is 1. The van der Waals surface area contributed by atoms with Gasteiger partial charge in [-0.1, -0.05) is 17.7 Å². The maximum absolute atomic E-state index is 12.3. The number of piperazine rings is 1. The van der Waals surface area contributed by atoms with E-state index < -0.39 is 4.92 Å². The summed E-state index contributed by atoms with van der Waals surface area (Å²) in [5, 5.41) is 11.3. The third kappa shape index (κ3) is 4.40. The topological polar surface area (TPSA) is 66.7 Å². The van der Waals surface area contributed by atoms with E-state index in [9.17, 15) is 14.9 Å². The number of halogens is 1. The zero-order chi connectivity index (χ0) is 18.5. The number of nitrogens with zero attached hydrogens (tertiary/aromatic N) is 3. The van der Waals surface area contributed by atoms with Gasteiger partial charge < -0.3 is 9.80 Å². The molecule has 0 radical (unpaired) electrons. The van der Waals surface area contributed by atoms with Gasteiger partial charge in [-0.05, 0) is 42.0 Å². The summed E-state index contributed by atoms with van der Waals surface area (Å²) in [5.74, 6) is -0.0610. The maximum atomic E-state index is 12.3. The van der Waals surface area contributed by atoms with Crippen LogP contribution in [0.5, 0.6) is 0 Å². The lowest BCUT2D eigenvalue weighted by atomic mass is 10.2. The Balaban J connectivity index is 1.55. The number of amides is 1. The number of nitro groups is 1. The highest BCUT2D eigenvalue weighted by Crippen LogP contribution is 2.21. The van der Waals surface area contributed by atoms with E-state index in [-0.39, 0.29) is 11.6 Å². The number of nitro benzene ring substituents is 1. The Labute approximate surface area is 156 Å². The summed E-state index contributed by atoms with van der Waals surface area (Å²) < 4.78 is 0. The summed E-state index contributed by atoms with van der Waals surface area (Å²) in [6.07, 6.45) is 3.19. The van der Waals surface area contributed by atoms with Crippen LogP contribution in [0, 0.1) is 10.1 Å². The van der Waals surface area contributed by atoms with Gasteiger partial charge in [0.1, 0.15) is 0 Å². The van der Waals surface area contributed by atoms with Crippen molar-refractivity contribution in [3.8, 4) is 0 Å². The number of hydrogen-bond donors (Lipinski definition) is 0. The van der Waals surface area contributed by atoms with Crippen molar-refractivity contribution in [1.29, 1.82) is 0 Å². The lowest BCUT2D eigenvalue weighted by Gasteiger charge is -2.35. The lowest BCUT2D eigenvalue weighted by Crippen LogP contribution is -2.48. The maximum Gasteiger partial charge on any atom is 0.269 e. The van der Waals surface area contributed by atoms with E-state index in [1.54, 1.807) is 23.1 Å². The molecule has 1 saturated heterocycles. The predicted octanol–water partition coefficient (Wildman–Crippen LogP) is 3.61. The van der Waals surface area contributed by atoms with Crippen molar-refractivity contribution in [2.75, 3.05) is 31.1 Å². The number of rotatable bonds is 4. The quantitative estimate of drug-likeness (QED) is 0.468. The summed E-state index contributed by atoms with van der Waals surface area (Å²) in [6, 6.07) is 13.8. The molecule has 0 aromatic heterocycles. The smallest absolute Gasteiger partial charge is 0.269 e. The molecule has 134 valence electrons. The average molecular weight is 372 g/mol. The summed E-state index contributed by atoms with van der Waals surface area (Å²) in [6.45, 7) is 2.76. The molecule has 0 saturated carbocycles. The van der Waals surface area contributed by atoms with Gasteiger partial charge in [-0.25, -0.2) is 0 Å². The van der Waals surface area contributed by atoms with E-state index in [0.29, 0.717) is 18.1 Å². The SMILES string of the molecule is O=C(/C=C\c1ccc([N+](=O)[O-])cc1)N1CCN(c2cccc(Cl)c2)CC1. The van der Waals surface area contributed by atoms with E-state index >= 15 is 0 Å². The van der Waals surface area contributed by atoms with Gasteiger partial charge in [0, 0.05) is 55.1 Å². The molecule has 26 heavy (non-hydrogen) atoms. The first-order valence-corrected chi connectivity index (χ1v) is 8.63. The van der Waals surface area contributed by atoms with Crippen LogP contribution < -0.4 is 4.90 Å². The summed E-state index contributed by atoms with van der Waals surface area (Å²) in [7, 11) is 0. The average Bonchev–Trinajstić information content (AvgIpc) is 2.66. The highest BCUT2D eigenvalue weighted by molar-refractivity contribution is 6.30. The molecule has 7 heteroatoms. The lowest BCUT2D eigenvalue weighted by molar-refractivity contribution is -0.384. The minimum absolute atomic E-state index is 0.0330. The third-order valence-corrected chi connectivity index (χ3v) is 4.52.